The van der Waals surface area contributed by atoms with Crippen LogP contribution in [0.2, 0.25) is 0 Å². The lowest BCUT2D eigenvalue weighted by molar-refractivity contribution is 0.477. The van der Waals surface area contributed by atoms with Gasteiger partial charge in [-0.1, -0.05) is 12.8 Å². The van der Waals surface area contributed by atoms with E-state index in [1.54, 1.807) is 12.1 Å². The number of hydrogen-bond donors (Lipinski definition) is 2. The Morgan fingerprint density at radius 2 is 1.23 bits per heavy atom. The van der Waals surface area contributed by atoms with Crippen molar-refractivity contribution in [1.82, 2.24) is 0 Å². The Bertz CT molecular complexity index is 535. The lowest BCUT2D eigenvalue weighted by Crippen LogP contribution is -2.04. The first-order chi connectivity index (χ1) is 10.7. The molecule has 2 aliphatic carbocycles. The van der Waals surface area contributed by atoms with Crippen LogP contribution in [-0.2, 0) is 0 Å². The van der Waals surface area contributed by atoms with Crippen LogP contribution in [0.1, 0.15) is 64.2 Å². The van der Waals surface area contributed by atoms with Crippen LogP contribution in [-0.4, -0.2) is 16.5 Å². The minimum atomic E-state index is 0.183. The second kappa shape index (κ2) is 6.95. The second-order valence-electron chi connectivity index (χ2n) is 6.38. The standard InChI is InChI=1S/C18H25N3O/c19-15-11-17(21-14-9-5-2-6-10-14)18(22)12-16(15)20-13-7-3-1-4-8-13/h11-12,22H,1-10,19H2. The molecule has 2 saturated carbocycles. The van der Waals surface area contributed by atoms with Crippen LogP contribution in [0.25, 0.3) is 0 Å². The largest absolute Gasteiger partial charge is 0.506 e. The number of rotatable bonds is 2. The highest BCUT2D eigenvalue weighted by Gasteiger charge is 2.12. The Hall–Kier alpha value is -1.84. The van der Waals surface area contributed by atoms with Gasteiger partial charge in [0.25, 0.3) is 0 Å². The third-order valence-corrected chi connectivity index (χ3v) is 4.54. The van der Waals surface area contributed by atoms with Gasteiger partial charge in [-0.05, 0) is 57.4 Å². The molecule has 3 rings (SSSR count). The van der Waals surface area contributed by atoms with Gasteiger partial charge >= 0.3 is 0 Å². The summed E-state index contributed by atoms with van der Waals surface area (Å²) >= 11 is 0. The summed E-state index contributed by atoms with van der Waals surface area (Å²) in [6.45, 7) is 0. The lowest BCUT2D eigenvalue weighted by Gasteiger charge is -2.14. The summed E-state index contributed by atoms with van der Waals surface area (Å²) in [4.78, 5) is 9.25. The normalized spacial score (nSPS) is 19.1. The summed E-state index contributed by atoms with van der Waals surface area (Å²) in [6.07, 6.45) is 11.5. The first-order valence-corrected chi connectivity index (χ1v) is 8.48. The van der Waals surface area contributed by atoms with E-state index in [9.17, 15) is 5.11 Å². The van der Waals surface area contributed by atoms with Crippen molar-refractivity contribution in [3.05, 3.63) is 12.1 Å². The van der Waals surface area contributed by atoms with Crippen LogP contribution in [0.4, 0.5) is 17.1 Å². The molecule has 0 saturated heterocycles. The molecule has 22 heavy (non-hydrogen) atoms. The summed E-state index contributed by atoms with van der Waals surface area (Å²) < 4.78 is 0. The van der Waals surface area contributed by atoms with Crippen LogP contribution in [0, 0.1) is 0 Å². The van der Waals surface area contributed by atoms with Gasteiger partial charge in [0.05, 0.1) is 11.4 Å². The molecule has 118 valence electrons. The van der Waals surface area contributed by atoms with Crippen molar-refractivity contribution in [2.45, 2.75) is 64.2 Å². The van der Waals surface area contributed by atoms with Crippen LogP contribution < -0.4 is 5.73 Å². The first-order valence-electron chi connectivity index (χ1n) is 8.48. The van der Waals surface area contributed by atoms with Gasteiger partial charge in [0.1, 0.15) is 11.4 Å². The molecule has 0 amide bonds. The zero-order valence-electron chi connectivity index (χ0n) is 13.1. The number of nitrogens with two attached hydrogens (primary N) is 1. The monoisotopic (exact) mass is 299 g/mol. The summed E-state index contributed by atoms with van der Waals surface area (Å²) in [6, 6.07) is 3.43. The molecule has 0 bridgehead atoms. The minimum absolute atomic E-state index is 0.183. The molecule has 4 heteroatoms. The van der Waals surface area contributed by atoms with E-state index in [0.717, 1.165) is 25.7 Å². The van der Waals surface area contributed by atoms with E-state index < -0.39 is 0 Å². The molecule has 2 aliphatic rings. The molecule has 4 nitrogen and oxygen atoms in total. The molecule has 2 fully saturated rings. The highest BCUT2D eigenvalue weighted by molar-refractivity contribution is 5.91. The fraction of sp³-hybridized carbons (Fsp3) is 0.556. The van der Waals surface area contributed by atoms with Crippen molar-refractivity contribution in [3.63, 3.8) is 0 Å². The molecule has 0 aliphatic heterocycles. The van der Waals surface area contributed by atoms with E-state index in [2.05, 4.69) is 9.98 Å². The maximum atomic E-state index is 10.2. The van der Waals surface area contributed by atoms with Crippen LogP contribution >= 0.6 is 0 Å². The molecule has 0 aromatic heterocycles. The van der Waals surface area contributed by atoms with Crippen molar-refractivity contribution in [3.8, 4) is 5.75 Å². The van der Waals surface area contributed by atoms with Gasteiger partial charge in [0, 0.05) is 17.5 Å². The third kappa shape index (κ3) is 3.67. The predicted octanol–water partition coefficient (Wildman–Crippen LogP) is 5.05. The highest BCUT2D eigenvalue weighted by atomic mass is 16.3. The van der Waals surface area contributed by atoms with Gasteiger partial charge in [0.2, 0.25) is 0 Å². The summed E-state index contributed by atoms with van der Waals surface area (Å²) in [7, 11) is 0. The molecule has 1 aromatic carbocycles. The topological polar surface area (TPSA) is 71.0 Å². The molecule has 0 atom stereocenters. The number of aliphatic imine (C=N–C) groups is 2. The predicted molar refractivity (Wildman–Crippen MR) is 92.9 cm³/mol. The van der Waals surface area contributed by atoms with Gasteiger partial charge < -0.3 is 10.8 Å². The van der Waals surface area contributed by atoms with E-state index in [1.807, 2.05) is 0 Å². The fourth-order valence-corrected chi connectivity index (χ4v) is 3.25. The third-order valence-electron chi connectivity index (χ3n) is 4.54. The van der Waals surface area contributed by atoms with Gasteiger partial charge in [0.15, 0.2) is 0 Å². The average Bonchev–Trinajstić information content (AvgIpc) is 2.54. The fourth-order valence-electron chi connectivity index (χ4n) is 3.25. The number of phenols is 1. The van der Waals surface area contributed by atoms with Crippen LogP contribution in [0.5, 0.6) is 5.75 Å². The summed E-state index contributed by atoms with van der Waals surface area (Å²) in [5, 5.41) is 10.2. The molecular weight excluding hydrogens is 274 g/mol. The summed E-state index contributed by atoms with van der Waals surface area (Å²) in [5.41, 5.74) is 10.4. The van der Waals surface area contributed by atoms with Crippen molar-refractivity contribution in [1.29, 1.82) is 0 Å². The molecule has 0 heterocycles. The number of nitrogen functional groups attached to an aromatic ring is 1. The Labute approximate surface area is 132 Å². The van der Waals surface area contributed by atoms with E-state index in [1.165, 1.54) is 49.9 Å². The number of aromatic hydroxyl groups is 1. The highest BCUT2D eigenvalue weighted by Crippen LogP contribution is 2.37. The first kappa shape index (κ1) is 15.1. The van der Waals surface area contributed by atoms with Gasteiger partial charge in [-0.3, -0.25) is 9.98 Å². The number of hydrogen-bond acceptors (Lipinski definition) is 4. The Kier molecular flexibility index (Phi) is 4.76. The average molecular weight is 299 g/mol. The molecule has 0 radical (unpaired) electrons. The Morgan fingerprint density at radius 3 is 1.77 bits per heavy atom. The maximum Gasteiger partial charge on any atom is 0.143 e. The number of anilines is 1. The maximum absolute atomic E-state index is 10.2. The number of phenolic OH excluding ortho intramolecular Hbond substituents is 1. The van der Waals surface area contributed by atoms with Crippen molar-refractivity contribution in [2.75, 3.05) is 5.73 Å². The van der Waals surface area contributed by atoms with E-state index in [0.29, 0.717) is 17.1 Å². The van der Waals surface area contributed by atoms with E-state index in [-0.39, 0.29) is 5.75 Å². The molecule has 0 unspecified atom stereocenters. The van der Waals surface area contributed by atoms with E-state index in [4.69, 9.17) is 5.73 Å². The zero-order valence-corrected chi connectivity index (χ0v) is 13.1. The lowest BCUT2D eigenvalue weighted by atomic mass is 9.98. The van der Waals surface area contributed by atoms with Crippen molar-refractivity contribution in [2.24, 2.45) is 9.98 Å². The smallest absolute Gasteiger partial charge is 0.143 e. The molecule has 3 N–H and O–H groups in total. The Morgan fingerprint density at radius 1 is 0.727 bits per heavy atom. The quantitative estimate of drug-likeness (QED) is 0.592. The molecule has 1 aromatic rings. The second-order valence-corrected chi connectivity index (χ2v) is 6.38. The van der Waals surface area contributed by atoms with Gasteiger partial charge in [-0.2, -0.15) is 0 Å². The molecular formula is C18H25N3O. The van der Waals surface area contributed by atoms with Crippen molar-refractivity contribution >= 4 is 28.5 Å². The van der Waals surface area contributed by atoms with Gasteiger partial charge in [-0.25, -0.2) is 0 Å². The zero-order chi connectivity index (χ0) is 15.4. The summed E-state index contributed by atoms with van der Waals surface area (Å²) in [5.74, 6) is 0.183. The van der Waals surface area contributed by atoms with Crippen LogP contribution in [0.15, 0.2) is 22.1 Å². The molecule has 0 spiro atoms. The van der Waals surface area contributed by atoms with E-state index >= 15 is 0 Å². The number of nitrogens with zero attached hydrogens (tertiary/aromatic N) is 2. The van der Waals surface area contributed by atoms with Gasteiger partial charge in [-0.15, -0.1) is 0 Å². The Balaban J connectivity index is 1.84. The van der Waals surface area contributed by atoms with Crippen molar-refractivity contribution < 1.29 is 5.11 Å². The minimum Gasteiger partial charge on any atom is -0.506 e. The number of benzene rings is 1. The van der Waals surface area contributed by atoms with Crippen LogP contribution in [0.3, 0.4) is 0 Å². The SMILES string of the molecule is Nc1cc(N=C2CCCCC2)c(O)cc1N=C1CCCCC1.